The van der Waals surface area contributed by atoms with E-state index >= 15 is 0 Å². The highest BCUT2D eigenvalue weighted by Gasteiger charge is 2.43. The molecule has 1 saturated carbocycles. The third-order valence-corrected chi connectivity index (χ3v) is 3.37. The van der Waals surface area contributed by atoms with Crippen LogP contribution in [-0.2, 0) is 5.41 Å². The zero-order chi connectivity index (χ0) is 10.2. The minimum atomic E-state index is -0.00882. The summed E-state index contributed by atoms with van der Waals surface area (Å²) in [4.78, 5) is 0. The molecule has 0 radical (unpaired) electrons. The number of halogens is 1. The highest BCUT2D eigenvalue weighted by atomic mass is 79.9. The summed E-state index contributed by atoms with van der Waals surface area (Å²) in [6, 6.07) is 5.97. The van der Waals surface area contributed by atoms with Crippen molar-refractivity contribution in [2.45, 2.75) is 18.3 Å². The number of methoxy groups -OCH3 is 1. The van der Waals surface area contributed by atoms with Gasteiger partial charge >= 0.3 is 0 Å². The molecule has 1 fully saturated rings. The Bertz CT molecular complexity index is 399. The summed E-state index contributed by atoms with van der Waals surface area (Å²) in [5.41, 5.74) is 1.20. The Kier molecular flexibility index (Phi) is 2.28. The van der Waals surface area contributed by atoms with E-state index in [1.165, 1.54) is 5.56 Å². The normalized spacial score (nSPS) is 17.2. The van der Waals surface area contributed by atoms with Crippen LogP contribution in [0.3, 0.4) is 0 Å². The van der Waals surface area contributed by atoms with Gasteiger partial charge in [0.05, 0.1) is 12.5 Å². The molecule has 1 aromatic rings. The van der Waals surface area contributed by atoms with E-state index in [-0.39, 0.29) is 5.41 Å². The van der Waals surface area contributed by atoms with Gasteiger partial charge in [-0.15, -0.1) is 6.42 Å². The van der Waals surface area contributed by atoms with Crippen molar-refractivity contribution >= 4 is 15.9 Å². The van der Waals surface area contributed by atoms with Crippen molar-refractivity contribution in [1.82, 2.24) is 0 Å². The van der Waals surface area contributed by atoms with Gasteiger partial charge in [0.25, 0.3) is 0 Å². The maximum atomic E-state index is 5.54. The predicted octanol–water partition coefficient (Wildman–Crippen LogP) is 3.12. The number of hydrogen-bond acceptors (Lipinski definition) is 1. The lowest BCUT2D eigenvalue weighted by Gasteiger charge is -2.11. The van der Waals surface area contributed by atoms with E-state index in [9.17, 15) is 0 Å². The molecule has 2 rings (SSSR count). The van der Waals surface area contributed by atoms with E-state index in [0.29, 0.717) is 0 Å². The largest absolute Gasteiger partial charge is 0.497 e. The molecule has 1 aromatic carbocycles. The van der Waals surface area contributed by atoms with Crippen LogP contribution in [0.25, 0.3) is 0 Å². The monoisotopic (exact) mass is 250 g/mol. The lowest BCUT2D eigenvalue weighted by molar-refractivity contribution is 0.414. The first kappa shape index (κ1) is 9.61. The molecule has 0 aromatic heterocycles. The molecule has 0 heterocycles. The van der Waals surface area contributed by atoms with E-state index < -0.39 is 0 Å². The number of benzene rings is 1. The molecule has 0 N–H and O–H groups in total. The quantitative estimate of drug-likeness (QED) is 0.734. The summed E-state index contributed by atoms with van der Waals surface area (Å²) >= 11 is 3.53. The number of terminal acetylenes is 1. The van der Waals surface area contributed by atoms with Gasteiger partial charge in [0.1, 0.15) is 5.75 Å². The second kappa shape index (κ2) is 3.33. The summed E-state index contributed by atoms with van der Waals surface area (Å²) in [6.45, 7) is 0. The van der Waals surface area contributed by atoms with Crippen LogP contribution in [0.4, 0.5) is 0 Å². The fraction of sp³-hybridized carbons (Fsp3) is 0.333. The molecule has 72 valence electrons. The predicted molar refractivity (Wildman–Crippen MR) is 60.4 cm³/mol. The lowest BCUT2D eigenvalue weighted by Crippen LogP contribution is -2.03. The van der Waals surface area contributed by atoms with Crippen LogP contribution < -0.4 is 4.74 Å². The maximum absolute atomic E-state index is 5.54. The molecule has 0 bridgehead atoms. The molecule has 2 heteroatoms. The Morgan fingerprint density at radius 2 is 2.21 bits per heavy atom. The van der Waals surface area contributed by atoms with Crippen LogP contribution in [0.15, 0.2) is 22.7 Å². The molecule has 1 nitrogen and oxygen atoms in total. The first-order chi connectivity index (χ1) is 6.72. The van der Waals surface area contributed by atoms with Gasteiger partial charge in [-0.05, 0) is 30.5 Å². The van der Waals surface area contributed by atoms with Gasteiger partial charge in [-0.25, -0.2) is 0 Å². The van der Waals surface area contributed by atoms with Crippen molar-refractivity contribution in [3.8, 4) is 18.1 Å². The number of hydrogen-bond donors (Lipinski definition) is 0. The van der Waals surface area contributed by atoms with Crippen molar-refractivity contribution < 1.29 is 4.74 Å². The highest BCUT2D eigenvalue weighted by molar-refractivity contribution is 9.10. The second-order valence-electron chi connectivity index (χ2n) is 3.57. The van der Waals surface area contributed by atoms with Gasteiger partial charge in [-0.1, -0.05) is 27.9 Å². The SMILES string of the molecule is C#CC1(c2ccc(OC)cc2Br)CC1. The molecule has 0 spiro atoms. The number of ether oxygens (including phenoxy) is 1. The molecule has 0 aliphatic heterocycles. The van der Waals surface area contributed by atoms with Crippen molar-refractivity contribution in [3.63, 3.8) is 0 Å². The van der Waals surface area contributed by atoms with Gasteiger partial charge in [0, 0.05) is 4.47 Å². The minimum absolute atomic E-state index is 0.00882. The van der Waals surface area contributed by atoms with E-state index in [1.54, 1.807) is 7.11 Å². The topological polar surface area (TPSA) is 9.23 Å². The van der Waals surface area contributed by atoms with Gasteiger partial charge in [0.2, 0.25) is 0 Å². The van der Waals surface area contributed by atoms with Gasteiger partial charge in [-0.3, -0.25) is 0 Å². The van der Waals surface area contributed by atoms with E-state index in [4.69, 9.17) is 11.2 Å². The van der Waals surface area contributed by atoms with Crippen molar-refractivity contribution in [3.05, 3.63) is 28.2 Å². The zero-order valence-corrected chi connectivity index (χ0v) is 9.60. The van der Waals surface area contributed by atoms with Crippen LogP contribution in [0.1, 0.15) is 18.4 Å². The molecule has 1 aliphatic rings. The van der Waals surface area contributed by atoms with E-state index in [2.05, 4.69) is 27.9 Å². The highest BCUT2D eigenvalue weighted by Crippen LogP contribution is 2.50. The zero-order valence-electron chi connectivity index (χ0n) is 8.01. The summed E-state index contributed by atoms with van der Waals surface area (Å²) < 4.78 is 6.18. The fourth-order valence-electron chi connectivity index (χ4n) is 1.63. The van der Waals surface area contributed by atoms with Crippen LogP contribution in [0.5, 0.6) is 5.75 Å². The fourth-order valence-corrected chi connectivity index (χ4v) is 2.36. The smallest absolute Gasteiger partial charge is 0.120 e. The first-order valence-electron chi connectivity index (χ1n) is 4.54. The summed E-state index contributed by atoms with van der Waals surface area (Å²) in [5.74, 6) is 3.73. The molecule has 14 heavy (non-hydrogen) atoms. The molecule has 0 saturated heterocycles. The Labute approximate surface area is 92.6 Å². The molecule has 0 unspecified atom stereocenters. The Hall–Kier alpha value is -0.940. The van der Waals surface area contributed by atoms with Crippen LogP contribution in [0, 0.1) is 12.3 Å². The lowest BCUT2D eigenvalue weighted by atomic mass is 9.97. The molecule has 1 aliphatic carbocycles. The standard InChI is InChI=1S/C12H11BrO/c1-3-12(6-7-12)10-5-4-9(14-2)8-11(10)13/h1,4-5,8H,6-7H2,2H3. The first-order valence-corrected chi connectivity index (χ1v) is 5.33. The Balaban J connectivity index is 2.42. The van der Waals surface area contributed by atoms with Crippen LogP contribution in [0.2, 0.25) is 0 Å². The molecule has 0 atom stereocenters. The minimum Gasteiger partial charge on any atom is -0.497 e. The average Bonchev–Trinajstić information content (AvgIpc) is 2.98. The molecule has 0 amide bonds. The van der Waals surface area contributed by atoms with Crippen molar-refractivity contribution in [1.29, 1.82) is 0 Å². The summed E-state index contributed by atoms with van der Waals surface area (Å²) in [5, 5.41) is 0. The third-order valence-electron chi connectivity index (χ3n) is 2.72. The second-order valence-corrected chi connectivity index (χ2v) is 4.43. The number of rotatable bonds is 2. The third kappa shape index (κ3) is 1.42. The maximum Gasteiger partial charge on any atom is 0.120 e. The summed E-state index contributed by atoms with van der Waals surface area (Å²) in [7, 11) is 1.66. The van der Waals surface area contributed by atoms with Crippen LogP contribution in [-0.4, -0.2) is 7.11 Å². The Morgan fingerprint density at radius 3 is 2.64 bits per heavy atom. The summed E-state index contributed by atoms with van der Waals surface area (Å²) in [6.07, 6.45) is 7.72. The van der Waals surface area contributed by atoms with Gasteiger partial charge in [0.15, 0.2) is 0 Å². The molecular weight excluding hydrogens is 240 g/mol. The average molecular weight is 251 g/mol. The Morgan fingerprint density at radius 1 is 1.50 bits per heavy atom. The van der Waals surface area contributed by atoms with E-state index in [1.807, 2.05) is 12.1 Å². The van der Waals surface area contributed by atoms with Crippen molar-refractivity contribution in [2.24, 2.45) is 0 Å². The van der Waals surface area contributed by atoms with E-state index in [0.717, 1.165) is 23.1 Å². The molecular formula is C12H11BrO. The van der Waals surface area contributed by atoms with Crippen LogP contribution >= 0.6 is 15.9 Å². The van der Waals surface area contributed by atoms with Gasteiger partial charge < -0.3 is 4.74 Å². The van der Waals surface area contributed by atoms with Gasteiger partial charge in [-0.2, -0.15) is 0 Å². The van der Waals surface area contributed by atoms with Crippen molar-refractivity contribution in [2.75, 3.05) is 7.11 Å².